The number of carbonyl (C=O) groups is 7. The van der Waals surface area contributed by atoms with E-state index >= 15 is 0 Å². The first-order valence-electron chi connectivity index (χ1n) is 18.7. The third-order valence-electron chi connectivity index (χ3n) is 8.31. The van der Waals surface area contributed by atoms with Gasteiger partial charge in [-0.05, 0) is 63.3 Å². The lowest BCUT2D eigenvalue weighted by atomic mass is 9.99. The number of hydrogen-bond acceptors (Lipinski definition) is 11. The van der Waals surface area contributed by atoms with Gasteiger partial charge >= 0.3 is 5.97 Å². The van der Waals surface area contributed by atoms with Crippen LogP contribution in [-0.4, -0.2) is 124 Å². The van der Waals surface area contributed by atoms with E-state index in [0.717, 1.165) is 0 Å². The summed E-state index contributed by atoms with van der Waals surface area (Å²) in [6, 6.07) is -7.52. The minimum atomic E-state index is -1.65. The number of carboxylic acid groups (broad SMARTS) is 1. The van der Waals surface area contributed by atoms with E-state index in [1.807, 2.05) is 27.7 Å². The number of aromatic amines is 1. The highest BCUT2D eigenvalue weighted by atomic mass is 16.4. The third-order valence-corrected chi connectivity index (χ3v) is 8.31. The van der Waals surface area contributed by atoms with Crippen molar-refractivity contribution in [3.8, 4) is 0 Å². The summed E-state index contributed by atoms with van der Waals surface area (Å²) in [4.78, 5) is 102. The van der Waals surface area contributed by atoms with Gasteiger partial charge < -0.3 is 64.3 Å². The molecule has 0 saturated carbocycles. The van der Waals surface area contributed by atoms with Gasteiger partial charge in [-0.3, -0.25) is 33.8 Å². The summed E-state index contributed by atoms with van der Waals surface area (Å²) in [7, 11) is 0. The summed E-state index contributed by atoms with van der Waals surface area (Å²) >= 11 is 0. The second-order valence-electron chi connectivity index (χ2n) is 14.4. The molecule has 21 nitrogen and oxygen atoms in total. The fourth-order valence-corrected chi connectivity index (χ4v) is 5.56. The van der Waals surface area contributed by atoms with Crippen molar-refractivity contribution in [2.24, 2.45) is 34.0 Å². The molecule has 56 heavy (non-hydrogen) atoms. The Balaban J connectivity index is 3.42. The molecule has 316 valence electrons. The highest BCUT2D eigenvalue weighted by Crippen LogP contribution is 2.11. The van der Waals surface area contributed by atoms with Crippen LogP contribution in [0.4, 0.5) is 0 Å². The van der Waals surface area contributed by atoms with E-state index in [-0.39, 0.29) is 63.0 Å². The van der Waals surface area contributed by atoms with Crippen LogP contribution in [0.25, 0.3) is 0 Å². The Morgan fingerprint density at radius 1 is 0.714 bits per heavy atom. The summed E-state index contributed by atoms with van der Waals surface area (Å²) < 4.78 is 0. The van der Waals surface area contributed by atoms with Gasteiger partial charge in [0.1, 0.15) is 36.3 Å². The maximum Gasteiger partial charge on any atom is 0.328 e. The van der Waals surface area contributed by atoms with Crippen LogP contribution in [0.3, 0.4) is 0 Å². The molecule has 0 spiro atoms. The predicted molar refractivity (Wildman–Crippen MR) is 206 cm³/mol. The molecule has 6 atom stereocenters. The molecule has 0 aliphatic rings. The third kappa shape index (κ3) is 19.3. The Morgan fingerprint density at radius 2 is 1.18 bits per heavy atom. The standard InChI is InChI=1S/C35H62N12O9/c1-19(2)13-25(42-21(5)49)31(52)45-26(14-20(3)4)32(53)44-24(10-8-12-40-35(37)38)29(50)43-23(9-6-7-11-36)30(51)46-27(15-22-16-39-18-41-22)33(54)47-28(17-48)34(55)56/h16,18-20,23-28,48H,6-15,17,36H2,1-5H3,(H,39,41)(H,42,49)(H,43,50)(H,44,53)(H,45,52)(H,46,51)(H,47,54)(H,55,56)(H4,37,38,40)/t23-,24+,25+,26+,27+,28+/m1/s1. The van der Waals surface area contributed by atoms with Gasteiger partial charge in [0.2, 0.25) is 35.4 Å². The summed E-state index contributed by atoms with van der Waals surface area (Å²) in [5, 5.41) is 34.3. The Bertz CT molecular complexity index is 1450. The highest BCUT2D eigenvalue weighted by Gasteiger charge is 2.33. The Labute approximate surface area is 326 Å². The minimum absolute atomic E-state index is 0.0122. The van der Waals surface area contributed by atoms with Gasteiger partial charge in [-0.1, -0.05) is 27.7 Å². The summed E-state index contributed by atoms with van der Waals surface area (Å²) in [6.07, 6.45) is 4.29. The van der Waals surface area contributed by atoms with Crippen molar-refractivity contribution in [3.05, 3.63) is 18.2 Å². The molecule has 0 aliphatic carbocycles. The van der Waals surface area contributed by atoms with Crippen LogP contribution in [0.1, 0.15) is 85.3 Å². The van der Waals surface area contributed by atoms with Crippen LogP contribution in [0.5, 0.6) is 0 Å². The number of amides is 6. The second kappa shape index (κ2) is 25.7. The SMILES string of the molecule is CC(=O)N[C@@H](CC(C)C)C(=O)N[C@@H](CC(C)C)C(=O)N[C@@H](CCCN=C(N)N)C(=O)N[C@H](CCCCN)C(=O)N[C@@H](Cc1cnc[nH]1)C(=O)N[C@@H](CO)C(=O)O. The molecule has 1 rings (SSSR count). The maximum atomic E-state index is 14.0. The van der Waals surface area contributed by atoms with E-state index in [4.69, 9.17) is 17.2 Å². The number of hydrogen-bond donors (Lipinski definition) is 12. The molecule has 0 bridgehead atoms. The Kier molecular flexibility index (Phi) is 22.4. The summed E-state index contributed by atoms with van der Waals surface area (Å²) in [6.45, 7) is 8.24. The molecule has 1 heterocycles. The van der Waals surface area contributed by atoms with E-state index in [2.05, 4.69) is 46.9 Å². The van der Waals surface area contributed by atoms with Crippen LogP contribution in [0.15, 0.2) is 17.5 Å². The zero-order valence-electron chi connectivity index (χ0n) is 32.9. The topological polar surface area (TPSA) is 351 Å². The van der Waals surface area contributed by atoms with E-state index < -0.39 is 84.3 Å². The van der Waals surface area contributed by atoms with E-state index in [0.29, 0.717) is 25.0 Å². The number of imidazole rings is 1. The Hall–Kier alpha value is -5.31. The lowest BCUT2D eigenvalue weighted by Crippen LogP contribution is -2.60. The number of aliphatic carboxylic acids is 1. The Morgan fingerprint density at radius 3 is 1.62 bits per heavy atom. The number of aliphatic hydroxyl groups excluding tert-OH is 1. The monoisotopic (exact) mass is 794 g/mol. The lowest BCUT2D eigenvalue weighted by molar-refractivity contribution is -0.143. The van der Waals surface area contributed by atoms with Crippen molar-refractivity contribution >= 4 is 47.4 Å². The lowest BCUT2D eigenvalue weighted by Gasteiger charge is -2.28. The van der Waals surface area contributed by atoms with Crippen molar-refractivity contribution in [1.29, 1.82) is 0 Å². The molecule has 21 heteroatoms. The number of carboxylic acids is 1. The number of unbranched alkanes of at least 4 members (excludes halogenated alkanes) is 1. The van der Waals surface area contributed by atoms with E-state index in [1.165, 1.54) is 19.4 Å². The van der Waals surface area contributed by atoms with Crippen molar-refractivity contribution in [2.45, 2.75) is 122 Å². The van der Waals surface area contributed by atoms with Gasteiger partial charge in [-0.15, -0.1) is 0 Å². The van der Waals surface area contributed by atoms with Crippen LogP contribution in [-0.2, 0) is 40.0 Å². The number of nitrogens with two attached hydrogens (primary N) is 3. The summed E-state index contributed by atoms with van der Waals surface area (Å²) in [5.74, 6) is -5.84. The molecule has 0 unspecified atom stereocenters. The largest absolute Gasteiger partial charge is 0.480 e. The molecule has 0 fully saturated rings. The number of aliphatic hydroxyl groups is 1. The first kappa shape index (κ1) is 48.7. The molecule has 1 aromatic rings. The van der Waals surface area contributed by atoms with Gasteiger partial charge in [0.15, 0.2) is 5.96 Å². The number of aliphatic imine (C=N–C) groups is 1. The number of H-pyrrole nitrogens is 1. The number of aromatic nitrogens is 2. The highest BCUT2D eigenvalue weighted by molar-refractivity contribution is 5.96. The smallest absolute Gasteiger partial charge is 0.328 e. The average Bonchev–Trinajstić information content (AvgIpc) is 3.62. The van der Waals surface area contributed by atoms with E-state index in [9.17, 15) is 43.8 Å². The molecule has 1 aromatic heterocycles. The number of carbonyl (C=O) groups excluding carboxylic acids is 6. The van der Waals surface area contributed by atoms with Crippen molar-refractivity contribution in [3.63, 3.8) is 0 Å². The fraction of sp³-hybridized carbons (Fsp3) is 0.686. The second-order valence-corrected chi connectivity index (χ2v) is 14.4. The molecule has 15 N–H and O–H groups in total. The van der Waals surface area contributed by atoms with Crippen LogP contribution < -0.4 is 49.1 Å². The molecule has 0 aliphatic heterocycles. The van der Waals surface area contributed by atoms with E-state index in [1.54, 1.807) is 0 Å². The molecule has 0 saturated heterocycles. The van der Waals surface area contributed by atoms with Gasteiger partial charge in [0, 0.05) is 31.8 Å². The number of guanidine groups is 1. The van der Waals surface area contributed by atoms with Crippen LogP contribution in [0.2, 0.25) is 0 Å². The molecule has 6 amide bonds. The first-order chi connectivity index (χ1) is 26.4. The van der Waals surface area contributed by atoms with Crippen molar-refractivity contribution in [1.82, 2.24) is 41.9 Å². The first-order valence-corrected chi connectivity index (χ1v) is 18.7. The normalized spacial score (nSPS) is 14.3. The minimum Gasteiger partial charge on any atom is -0.480 e. The van der Waals surface area contributed by atoms with Crippen molar-refractivity contribution in [2.75, 3.05) is 19.7 Å². The van der Waals surface area contributed by atoms with Crippen LogP contribution in [0, 0.1) is 11.8 Å². The van der Waals surface area contributed by atoms with Gasteiger partial charge in [0.05, 0.1) is 12.9 Å². The van der Waals surface area contributed by atoms with Gasteiger partial charge in [-0.25, -0.2) is 9.78 Å². The maximum absolute atomic E-state index is 14.0. The molecular weight excluding hydrogens is 732 g/mol. The molecular formula is C35H62N12O9. The molecule has 0 aromatic carbocycles. The summed E-state index contributed by atoms with van der Waals surface area (Å²) in [5.41, 5.74) is 17.0. The average molecular weight is 795 g/mol. The zero-order chi connectivity index (χ0) is 42.4. The fourth-order valence-electron chi connectivity index (χ4n) is 5.56. The zero-order valence-corrected chi connectivity index (χ0v) is 32.9. The molecule has 0 radical (unpaired) electrons. The van der Waals surface area contributed by atoms with Gasteiger partial charge in [-0.2, -0.15) is 0 Å². The number of nitrogens with zero attached hydrogens (tertiary/aromatic N) is 2. The number of nitrogens with one attached hydrogen (secondary N) is 7. The van der Waals surface area contributed by atoms with Gasteiger partial charge in [0.25, 0.3) is 0 Å². The predicted octanol–water partition coefficient (Wildman–Crippen LogP) is -2.77. The quantitative estimate of drug-likeness (QED) is 0.0244. The van der Waals surface area contributed by atoms with Crippen molar-refractivity contribution < 1.29 is 43.8 Å². The number of rotatable bonds is 27. The van der Waals surface area contributed by atoms with Crippen LogP contribution >= 0.6 is 0 Å².